The van der Waals surface area contributed by atoms with Gasteiger partial charge >= 0.3 is 0 Å². The minimum Gasteiger partial charge on any atom is -0.233 e. The quantitative estimate of drug-likeness (QED) is 0.584. The molecule has 0 amide bonds. The Morgan fingerprint density at radius 3 is 2.82 bits per heavy atom. The van der Waals surface area contributed by atoms with Crippen molar-refractivity contribution in [3.05, 3.63) is 35.4 Å². The fraction of sp³-hybridized carbons (Fsp3) is 0.200. The molecule has 1 heteroatoms. The predicted octanol–water partition coefficient (Wildman–Crippen LogP) is 2.09. The topological polar surface area (TPSA) is 17.1 Å². The molecule has 0 unspecified atom stereocenters. The maximum absolute atomic E-state index is 10.1. The third kappa shape index (κ3) is 1.79. The van der Waals surface area contributed by atoms with Crippen molar-refractivity contribution in [2.24, 2.45) is 0 Å². The van der Waals surface area contributed by atoms with Crippen LogP contribution in [0.4, 0.5) is 0 Å². The van der Waals surface area contributed by atoms with E-state index in [-0.39, 0.29) is 0 Å². The molecule has 0 aliphatic carbocycles. The molecular formula is C10H10O. The molecule has 0 bridgehead atoms. The van der Waals surface area contributed by atoms with Gasteiger partial charge in [-0.2, -0.15) is 0 Å². The summed E-state index contributed by atoms with van der Waals surface area (Å²) in [4.78, 5) is 10.1. The van der Waals surface area contributed by atoms with Gasteiger partial charge in [0.1, 0.15) is 5.94 Å². The molecule has 0 N–H and O–H groups in total. The number of aryl methyl sites for hydroxylation is 1. The monoisotopic (exact) mass is 146 g/mol. The Morgan fingerprint density at radius 1 is 1.45 bits per heavy atom. The van der Waals surface area contributed by atoms with Crippen LogP contribution in [0.2, 0.25) is 0 Å². The molecule has 0 spiro atoms. The highest BCUT2D eigenvalue weighted by Gasteiger charge is 1.93. The number of rotatable bonds is 2. The van der Waals surface area contributed by atoms with Gasteiger partial charge in [0.2, 0.25) is 0 Å². The predicted molar refractivity (Wildman–Crippen MR) is 46.0 cm³/mol. The van der Waals surface area contributed by atoms with Crippen LogP contribution in [0.5, 0.6) is 0 Å². The zero-order valence-electron chi connectivity index (χ0n) is 6.50. The summed E-state index contributed by atoms with van der Waals surface area (Å²) in [5.41, 5.74) is 2.17. The average Bonchev–Trinajstić information content (AvgIpc) is 2.06. The number of benzene rings is 1. The van der Waals surface area contributed by atoms with Crippen molar-refractivity contribution < 1.29 is 4.79 Å². The summed E-state index contributed by atoms with van der Waals surface area (Å²) in [5, 5.41) is 0. The summed E-state index contributed by atoms with van der Waals surface area (Å²) >= 11 is 0. The zero-order chi connectivity index (χ0) is 8.10. The summed E-state index contributed by atoms with van der Waals surface area (Å²) in [5.74, 6) is 1.78. The van der Waals surface area contributed by atoms with E-state index in [1.165, 1.54) is 11.6 Å². The first-order valence-electron chi connectivity index (χ1n) is 3.67. The summed E-state index contributed by atoms with van der Waals surface area (Å²) in [6.07, 6.45) is 2.42. The first-order valence-corrected chi connectivity index (χ1v) is 3.67. The maximum Gasteiger partial charge on any atom is 0.125 e. The van der Waals surface area contributed by atoms with Gasteiger partial charge in [-0.25, -0.2) is 4.79 Å². The van der Waals surface area contributed by atoms with E-state index in [2.05, 4.69) is 6.92 Å². The van der Waals surface area contributed by atoms with E-state index in [0.29, 0.717) is 0 Å². The van der Waals surface area contributed by atoms with Gasteiger partial charge in [-0.1, -0.05) is 31.2 Å². The molecule has 1 rings (SSSR count). The van der Waals surface area contributed by atoms with E-state index in [1.807, 2.05) is 24.3 Å². The first kappa shape index (κ1) is 7.77. The molecule has 1 nitrogen and oxygen atoms in total. The van der Waals surface area contributed by atoms with E-state index >= 15 is 0 Å². The highest BCUT2D eigenvalue weighted by Crippen LogP contribution is 2.09. The largest absolute Gasteiger partial charge is 0.233 e. The van der Waals surface area contributed by atoms with Gasteiger partial charge in [0, 0.05) is 6.08 Å². The smallest absolute Gasteiger partial charge is 0.125 e. The minimum absolute atomic E-state index is 0.953. The van der Waals surface area contributed by atoms with Crippen molar-refractivity contribution in [2.45, 2.75) is 13.3 Å². The zero-order valence-corrected chi connectivity index (χ0v) is 6.50. The van der Waals surface area contributed by atoms with Gasteiger partial charge in [-0.3, -0.25) is 0 Å². The lowest BCUT2D eigenvalue weighted by atomic mass is 10.1. The van der Waals surface area contributed by atoms with E-state index in [1.54, 1.807) is 5.94 Å². The van der Waals surface area contributed by atoms with Gasteiger partial charge in [0.15, 0.2) is 0 Å². The van der Waals surface area contributed by atoms with Crippen molar-refractivity contribution >= 4 is 12.0 Å². The van der Waals surface area contributed by atoms with Gasteiger partial charge in [0.25, 0.3) is 0 Å². The van der Waals surface area contributed by atoms with Crippen LogP contribution in [-0.2, 0) is 11.2 Å². The van der Waals surface area contributed by atoms with Crippen molar-refractivity contribution in [3.8, 4) is 0 Å². The van der Waals surface area contributed by atoms with Crippen LogP contribution in [0.15, 0.2) is 24.3 Å². The molecule has 0 atom stereocenters. The van der Waals surface area contributed by atoms with Crippen LogP contribution in [0.3, 0.4) is 0 Å². The Balaban J connectivity index is 3.11. The van der Waals surface area contributed by atoms with Crippen molar-refractivity contribution in [3.63, 3.8) is 0 Å². The second-order valence-corrected chi connectivity index (χ2v) is 2.31. The lowest BCUT2D eigenvalue weighted by molar-refractivity contribution is 0.570. The lowest BCUT2D eigenvalue weighted by Gasteiger charge is -1.98. The Hall–Kier alpha value is -1.33. The second-order valence-electron chi connectivity index (χ2n) is 2.31. The normalized spacial score (nSPS) is 8.82. The average molecular weight is 146 g/mol. The molecule has 1 aromatic rings. The Morgan fingerprint density at radius 2 is 2.18 bits per heavy atom. The van der Waals surface area contributed by atoms with Gasteiger partial charge in [0.05, 0.1) is 0 Å². The molecule has 0 fully saturated rings. The molecule has 0 radical (unpaired) electrons. The molecule has 11 heavy (non-hydrogen) atoms. The molecule has 0 saturated heterocycles. The van der Waals surface area contributed by atoms with E-state index in [4.69, 9.17) is 0 Å². The Kier molecular flexibility index (Phi) is 2.65. The van der Waals surface area contributed by atoms with Crippen LogP contribution < -0.4 is 0 Å². The summed E-state index contributed by atoms with van der Waals surface area (Å²) in [6.45, 7) is 2.07. The third-order valence-corrected chi connectivity index (χ3v) is 1.65. The number of carbonyl (C=O) groups excluding carboxylic acids is 1. The highest BCUT2D eigenvalue weighted by molar-refractivity contribution is 5.75. The van der Waals surface area contributed by atoms with Crippen molar-refractivity contribution in [1.29, 1.82) is 0 Å². The van der Waals surface area contributed by atoms with Crippen LogP contribution >= 0.6 is 0 Å². The molecule has 0 aromatic heterocycles. The van der Waals surface area contributed by atoms with Gasteiger partial charge < -0.3 is 0 Å². The molecule has 0 aliphatic heterocycles. The van der Waals surface area contributed by atoms with Crippen LogP contribution in [-0.4, -0.2) is 5.94 Å². The fourth-order valence-electron chi connectivity index (χ4n) is 1.06. The highest BCUT2D eigenvalue weighted by atomic mass is 16.1. The lowest BCUT2D eigenvalue weighted by Crippen LogP contribution is -1.84. The van der Waals surface area contributed by atoms with Crippen LogP contribution in [0, 0.1) is 0 Å². The van der Waals surface area contributed by atoms with Crippen molar-refractivity contribution in [2.75, 3.05) is 0 Å². The minimum atomic E-state index is 0.953. The molecule has 56 valence electrons. The Labute approximate surface area is 66.4 Å². The van der Waals surface area contributed by atoms with Crippen LogP contribution in [0.25, 0.3) is 6.08 Å². The standard InChI is InChI=1S/C10H10O/c1-2-9-5-3-4-6-10(9)7-8-11/h3-7H,2H2,1H3. The summed E-state index contributed by atoms with van der Waals surface area (Å²) in [6, 6.07) is 7.83. The first-order chi connectivity index (χ1) is 5.38. The van der Waals surface area contributed by atoms with Gasteiger partial charge in [-0.15, -0.1) is 0 Å². The van der Waals surface area contributed by atoms with Crippen molar-refractivity contribution in [1.82, 2.24) is 0 Å². The summed E-state index contributed by atoms with van der Waals surface area (Å²) in [7, 11) is 0. The molecule has 0 heterocycles. The maximum atomic E-state index is 10.1. The van der Waals surface area contributed by atoms with E-state index < -0.39 is 0 Å². The van der Waals surface area contributed by atoms with E-state index in [9.17, 15) is 4.79 Å². The number of hydrogen-bond donors (Lipinski definition) is 0. The molecule has 1 aromatic carbocycles. The second kappa shape index (κ2) is 3.75. The molecular weight excluding hydrogens is 136 g/mol. The molecule has 0 saturated carbocycles. The summed E-state index contributed by atoms with van der Waals surface area (Å²) < 4.78 is 0. The molecule has 0 aliphatic rings. The van der Waals surface area contributed by atoms with Gasteiger partial charge in [-0.05, 0) is 17.5 Å². The van der Waals surface area contributed by atoms with Crippen LogP contribution in [0.1, 0.15) is 18.1 Å². The van der Waals surface area contributed by atoms with E-state index in [0.717, 1.165) is 12.0 Å². The fourth-order valence-corrected chi connectivity index (χ4v) is 1.06. The number of hydrogen-bond acceptors (Lipinski definition) is 1. The SMILES string of the molecule is CCc1ccccc1C=C=O. The third-order valence-electron chi connectivity index (χ3n) is 1.65. The Bertz CT molecular complexity index is 283.